The second kappa shape index (κ2) is 7.72. The van der Waals surface area contributed by atoms with Gasteiger partial charge < -0.3 is 14.8 Å². The van der Waals surface area contributed by atoms with Gasteiger partial charge in [-0.1, -0.05) is 13.3 Å². The number of nitrogens with zero attached hydrogens (tertiary/aromatic N) is 3. The fourth-order valence-electron chi connectivity index (χ4n) is 2.09. The highest BCUT2D eigenvalue weighted by atomic mass is 16.6. The van der Waals surface area contributed by atoms with Gasteiger partial charge in [-0.15, -0.1) is 0 Å². The maximum atomic E-state index is 11.2. The Morgan fingerprint density at radius 3 is 3.10 bits per heavy atom. The van der Waals surface area contributed by atoms with Crippen LogP contribution in [0.5, 0.6) is 5.88 Å². The highest BCUT2D eigenvalue weighted by molar-refractivity contribution is 5.61. The maximum Gasteiger partial charge on any atom is 0.372 e. The van der Waals surface area contributed by atoms with Gasteiger partial charge in [0.1, 0.15) is 6.33 Å². The Morgan fingerprint density at radius 2 is 2.43 bits per heavy atom. The predicted octanol–water partition coefficient (Wildman–Crippen LogP) is 2.15. The fraction of sp³-hybridized carbons (Fsp3) is 0.692. The van der Waals surface area contributed by atoms with E-state index in [-0.39, 0.29) is 23.5 Å². The van der Waals surface area contributed by atoms with Gasteiger partial charge in [0.05, 0.1) is 17.6 Å². The lowest BCUT2D eigenvalue weighted by Crippen LogP contribution is -2.20. The Labute approximate surface area is 123 Å². The van der Waals surface area contributed by atoms with Crippen molar-refractivity contribution in [2.75, 3.05) is 25.1 Å². The van der Waals surface area contributed by atoms with Gasteiger partial charge in [0.25, 0.3) is 5.88 Å². The Kier molecular flexibility index (Phi) is 5.68. The van der Waals surface area contributed by atoms with Crippen LogP contribution in [-0.2, 0) is 4.74 Å². The van der Waals surface area contributed by atoms with Crippen molar-refractivity contribution >= 4 is 11.5 Å². The SMILES string of the molecule is CCCCOc1ncnc(NCC2CCCO2)c1[N+](=O)[O-]. The number of nitro groups is 1. The summed E-state index contributed by atoms with van der Waals surface area (Å²) in [7, 11) is 0. The first-order chi connectivity index (χ1) is 10.2. The third kappa shape index (κ3) is 4.25. The largest absolute Gasteiger partial charge is 0.473 e. The number of hydrogen-bond acceptors (Lipinski definition) is 7. The molecule has 8 nitrogen and oxygen atoms in total. The summed E-state index contributed by atoms with van der Waals surface area (Å²) in [6.07, 6.45) is 5.08. The summed E-state index contributed by atoms with van der Waals surface area (Å²) >= 11 is 0. The third-order valence-electron chi connectivity index (χ3n) is 3.23. The van der Waals surface area contributed by atoms with Gasteiger partial charge in [0.2, 0.25) is 5.82 Å². The van der Waals surface area contributed by atoms with E-state index in [2.05, 4.69) is 15.3 Å². The van der Waals surface area contributed by atoms with Gasteiger partial charge in [-0.05, 0) is 19.3 Å². The molecule has 21 heavy (non-hydrogen) atoms. The van der Waals surface area contributed by atoms with E-state index in [0.29, 0.717) is 13.2 Å². The van der Waals surface area contributed by atoms with Crippen molar-refractivity contribution in [2.24, 2.45) is 0 Å². The highest BCUT2D eigenvalue weighted by Gasteiger charge is 2.25. The minimum absolute atomic E-state index is 0.0123. The average molecular weight is 296 g/mol. The molecule has 0 spiro atoms. The molecule has 1 saturated heterocycles. The Bertz CT molecular complexity index is 477. The summed E-state index contributed by atoms with van der Waals surface area (Å²) in [4.78, 5) is 18.5. The third-order valence-corrected chi connectivity index (χ3v) is 3.23. The first-order valence-corrected chi connectivity index (χ1v) is 7.20. The average Bonchev–Trinajstić information content (AvgIpc) is 2.98. The number of rotatable bonds is 8. The zero-order chi connectivity index (χ0) is 15.1. The van der Waals surface area contributed by atoms with Crippen LogP contribution in [0, 0.1) is 10.1 Å². The Hall–Kier alpha value is -1.96. The van der Waals surface area contributed by atoms with Crippen molar-refractivity contribution in [3.8, 4) is 5.88 Å². The van der Waals surface area contributed by atoms with Crippen molar-refractivity contribution in [1.29, 1.82) is 0 Å². The van der Waals surface area contributed by atoms with Crippen molar-refractivity contribution in [2.45, 2.75) is 38.7 Å². The molecule has 116 valence electrons. The first kappa shape index (κ1) is 15.4. The molecule has 2 heterocycles. The summed E-state index contributed by atoms with van der Waals surface area (Å²) in [5, 5.41) is 14.2. The van der Waals surface area contributed by atoms with Crippen LogP contribution in [0.25, 0.3) is 0 Å². The minimum Gasteiger partial charge on any atom is -0.473 e. The van der Waals surface area contributed by atoms with Gasteiger partial charge in [-0.25, -0.2) is 4.98 Å². The van der Waals surface area contributed by atoms with Gasteiger partial charge in [-0.2, -0.15) is 4.98 Å². The summed E-state index contributed by atoms with van der Waals surface area (Å²) < 4.78 is 10.9. The molecule has 1 aromatic rings. The predicted molar refractivity (Wildman–Crippen MR) is 76.6 cm³/mol. The molecule has 0 aromatic carbocycles. The van der Waals surface area contributed by atoms with Crippen LogP contribution in [-0.4, -0.2) is 40.8 Å². The molecule has 8 heteroatoms. The van der Waals surface area contributed by atoms with Crippen molar-refractivity contribution in [3.63, 3.8) is 0 Å². The van der Waals surface area contributed by atoms with Crippen LogP contribution in [0.15, 0.2) is 6.33 Å². The normalized spacial score (nSPS) is 17.7. The molecule has 1 aromatic heterocycles. The Morgan fingerprint density at radius 1 is 1.57 bits per heavy atom. The van der Waals surface area contributed by atoms with Crippen molar-refractivity contribution in [1.82, 2.24) is 9.97 Å². The first-order valence-electron chi connectivity index (χ1n) is 7.20. The molecule has 0 bridgehead atoms. The smallest absolute Gasteiger partial charge is 0.372 e. The second-order valence-electron chi connectivity index (χ2n) is 4.85. The maximum absolute atomic E-state index is 11.2. The van der Waals surface area contributed by atoms with E-state index in [1.54, 1.807) is 0 Å². The van der Waals surface area contributed by atoms with E-state index in [0.717, 1.165) is 32.3 Å². The van der Waals surface area contributed by atoms with Crippen molar-refractivity contribution < 1.29 is 14.4 Å². The van der Waals surface area contributed by atoms with Crippen molar-refractivity contribution in [3.05, 3.63) is 16.4 Å². The molecule has 1 aliphatic rings. The molecule has 0 saturated carbocycles. The van der Waals surface area contributed by atoms with Gasteiger partial charge in [-0.3, -0.25) is 10.1 Å². The van der Waals surface area contributed by atoms with Crippen LogP contribution < -0.4 is 10.1 Å². The van der Waals surface area contributed by atoms with E-state index in [1.165, 1.54) is 6.33 Å². The van der Waals surface area contributed by atoms with Crippen LogP contribution in [0.1, 0.15) is 32.6 Å². The van der Waals surface area contributed by atoms with Gasteiger partial charge >= 0.3 is 5.69 Å². The zero-order valence-corrected chi connectivity index (χ0v) is 12.1. The Balaban J connectivity index is 2.07. The molecule has 2 rings (SSSR count). The molecule has 0 aliphatic carbocycles. The van der Waals surface area contributed by atoms with Gasteiger partial charge in [0, 0.05) is 13.2 Å². The second-order valence-corrected chi connectivity index (χ2v) is 4.85. The van der Waals surface area contributed by atoms with Crippen LogP contribution in [0.4, 0.5) is 11.5 Å². The number of aromatic nitrogens is 2. The van der Waals surface area contributed by atoms with Crippen LogP contribution in [0.2, 0.25) is 0 Å². The summed E-state index contributed by atoms with van der Waals surface area (Å²) in [5.74, 6) is 0.190. The van der Waals surface area contributed by atoms with Crippen LogP contribution >= 0.6 is 0 Å². The lowest BCUT2D eigenvalue weighted by Gasteiger charge is -2.12. The summed E-state index contributed by atoms with van der Waals surface area (Å²) in [5.41, 5.74) is -0.216. The number of ether oxygens (including phenoxy) is 2. The molecular weight excluding hydrogens is 276 g/mol. The number of anilines is 1. The highest BCUT2D eigenvalue weighted by Crippen LogP contribution is 2.31. The molecule has 0 amide bonds. The lowest BCUT2D eigenvalue weighted by atomic mass is 10.2. The molecule has 1 aliphatic heterocycles. The number of unbranched alkanes of at least 4 members (excludes halogenated alkanes) is 1. The quantitative estimate of drug-likeness (QED) is 0.445. The number of hydrogen-bond donors (Lipinski definition) is 1. The van der Waals surface area contributed by atoms with E-state index >= 15 is 0 Å². The minimum atomic E-state index is -0.515. The summed E-state index contributed by atoms with van der Waals surface area (Å²) in [6, 6.07) is 0. The summed E-state index contributed by atoms with van der Waals surface area (Å²) in [6.45, 7) is 3.65. The van der Waals surface area contributed by atoms with Crippen LogP contribution in [0.3, 0.4) is 0 Å². The van der Waals surface area contributed by atoms with E-state index in [9.17, 15) is 10.1 Å². The van der Waals surface area contributed by atoms with E-state index < -0.39 is 4.92 Å². The molecule has 0 radical (unpaired) electrons. The molecular formula is C13H20N4O4. The topological polar surface area (TPSA) is 99.4 Å². The lowest BCUT2D eigenvalue weighted by molar-refractivity contribution is -0.385. The molecule has 1 N–H and O–H groups in total. The molecule has 1 unspecified atom stereocenters. The number of nitrogens with one attached hydrogen (secondary N) is 1. The fourth-order valence-corrected chi connectivity index (χ4v) is 2.09. The zero-order valence-electron chi connectivity index (χ0n) is 12.1. The van der Waals surface area contributed by atoms with Gasteiger partial charge in [0.15, 0.2) is 0 Å². The molecule has 1 fully saturated rings. The van der Waals surface area contributed by atoms with E-state index in [1.807, 2.05) is 6.92 Å². The standard InChI is InChI=1S/C13H20N4O4/c1-2-3-6-21-13-11(17(18)19)12(15-9-16-13)14-8-10-5-4-7-20-10/h9-10H,2-8H2,1H3,(H,14,15,16). The molecule has 1 atom stereocenters. The van der Waals surface area contributed by atoms with E-state index in [4.69, 9.17) is 9.47 Å². The monoisotopic (exact) mass is 296 g/mol.